The van der Waals surface area contributed by atoms with E-state index in [0.717, 1.165) is 12.8 Å². The monoisotopic (exact) mass is 315 g/mol. The molecule has 0 aliphatic carbocycles. The molecule has 0 aromatic heterocycles. The Morgan fingerprint density at radius 2 is 1.17 bits per heavy atom. The van der Waals surface area contributed by atoms with Crippen LogP contribution in [0, 0.1) is 0 Å². The molecule has 0 amide bonds. The average Bonchev–Trinajstić information content (AvgIpc) is 2.62. The van der Waals surface area contributed by atoms with E-state index in [-0.39, 0.29) is 6.04 Å². The van der Waals surface area contributed by atoms with Gasteiger partial charge in [0.15, 0.2) is 0 Å². The number of benzene rings is 3. The maximum atomic E-state index is 6.28. The minimum atomic E-state index is 0.130. The average molecular weight is 315 g/mol. The van der Waals surface area contributed by atoms with Crippen LogP contribution in [0.4, 0.5) is 0 Å². The van der Waals surface area contributed by atoms with E-state index in [1.807, 2.05) is 0 Å². The van der Waals surface area contributed by atoms with Gasteiger partial charge in [-0.2, -0.15) is 0 Å². The van der Waals surface area contributed by atoms with E-state index in [4.69, 9.17) is 5.73 Å². The lowest BCUT2D eigenvalue weighted by molar-refractivity contribution is 0.565. The van der Waals surface area contributed by atoms with Gasteiger partial charge in [-0.3, -0.25) is 0 Å². The van der Waals surface area contributed by atoms with Gasteiger partial charge in [0.1, 0.15) is 0 Å². The summed E-state index contributed by atoms with van der Waals surface area (Å²) in [4.78, 5) is 0. The molecule has 3 aromatic rings. The van der Waals surface area contributed by atoms with E-state index in [1.165, 1.54) is 22.3 Å². The lowest BCUT2D eigenvalue weighted by Crippen LogP contribution is -2.26. The topological polar surface area (TPSA) is 26.0 Å². The molecule has 24 heavy (non-hydrogen) atoms. The van der Waals surface area contributed by atoms with Crippen molar-refractivity contribution >= 4 is 0 Å². The Labute approximate surface area is 145 Å². The van der Waals surface area contributed by atoms with Gasteiger partial charge in [-0.05, 0) is 42.0 Å². The van der Waals surface area contributed by atoms with Crippen molar-refractivity contribution < 1.29 is 0 Å². The Hall–Kier alpha value is -2.38. The van der Waals surface area contributed by atoms with Crippen molar-refractivity contribution in [3.05, 3.63) is 107 Å². The van der Waals surface area contributed by atoms with Crippen molar-refractivity contribution in [3.8, 4) is 0 Å². The second kappa shape index (κ2) is 7.94. The Morgan fingerprint density at radius 1 is 0.667 bits per heavy atom. The first-order valence-electron chi connectivity index (χ1n) is 8.64. The predicted molar refractivity (Wildman–Crippen MR) is 102 cm³/mol. The van der Waals surface area contributed by atoms with Crippen LogP contribution >= 0.6 is 0 Å². The molecule has 0 bridgehead atoms. The third-order valence-corrected chi connectivity index (χ3v) is 4.59. The highest BCUT2D eigenvalue weighted by molar-refractivity contribution is 5.32. The Balaban J connectivity index is 1.74. The summed E-state index contributed by atoms with van der Waals surface area (Å²) in [6.45, 7) is 2.10. The molecular weight excluding hydrogens is 290 g/mol. The largest absolute Gasteiger partial charge is 0.327 e. The van der Waals surface area contributed by atoms with Crippen molar-refractivity contribution in [2.45, 2.75) is 31.7 Å². The molecule has 2 atom stereocenters. The Bertz CT molecular complexity index is 730. The van der Waals surface area contributed by atoms with Crippen LogP contribution in [0.5, 0.6) is 0 Å². The van der Waals surface area contributed by atoms with Crippen LogP contribution in [-0.2, 0) is 12.8 Å². The molecule has 1 heteroatoms. The molecule has 3 aromatic carbocycles. The van der Waals surface area contributed by atoms with Gasteiger partial charge < -0.3 is 5.73 Å². The summed E-state index contributed by atoms with van der Waals surface area (Å²) in [7, 11) is 0. The predicted octanol–water partition coefficient (Wildman–Crippen LogP) is 4.95. The number of nitrogens with two attached hydrogens (primary N) is 1. The van der Waals surface area contributed by atoms with Gasteiger partial charge in [0.05, 0.1) is 0 Å². The third kappa shape index (κ3) is 4.33. The van der Waals surface area contributed by atoms with E-state index in [0.29, 0.717) is 5.92 Å². The summed E-state index contributed by atoms with van der Waals surface area (Å²) in [5.41, 5.74) is 11.6. The number of hydrogen-bond acceptors (Lipinski definition) is 1. The standard InChI is InChI=1S/C23H25N/c1-18(24)23(17-20-10-6-3-7-11-20)22-14-12-21(13-15-22)16-19-8-4-2-5-9-19/h2-15,18,23H,16-17,24H2,1H3. The second-order valence-corrected chi connectivity index (χ2v) is 6.56. The molecule has 0 saturated heterocycles. The van der Waals surface area contributed by atoms with Gasteiger partial charge in [-0.15, -0.1) is 0 Å². The summed E-state index contributed by atoms with van der Waals surface area (Å²) in [5, 5.41) is 0. The first-order valence-corrected chi connectivity index (χ1v) is 8.64. The van der Waals surface area contributed by atoms with Crippen LogP contribution in [0.2, 0.25) is 0 Å². The molecule has 0 saturated carbocycles. The first-order chi connectivity index (χ1) is 11.7. The number of rotatable bonds is 6. The van der Waals surface area contributed by atoms with E-state index in [2.05, 4.69) is 91.9 Å². The van der Waals surface area contributed by atoms with Crippen LogP contribution in [0.1, 0.15) is 35.1 Å². The van der Waals surface area contributed by atoms with Gasteiger partial charge in [-0.1, -0.05) is 84.9 Å². The van der Waals surface area contributed by atoms with Crippen LogP contribution in [-0.4, -0.2) is 6.04 Å². The molecule has 0 fully saturated rings. The van der Waals surface area contributed by atoms with Gasteiger partial charge in [0.25, 0.3) is 0 Å². The zero-order chi connectivity index (χ0) is 16.8. The maximum absolute atomic E-state index is 6.28. The molecule has 0 aliphatic rings. The van der Waals surface area contributed by atoms with Crippen LogP contribution in [0.3, 0.4) is 0 Å². The quantitative estimate of drug-likeness (QED) is 0.684. The van der Waals surface area contributed by atoms with E-state index in [1.54, 1.807) is 0 Å². The zero-order valence-electron chi connectivity index (χ0n) is 14.2. The van der Waals surface area contributed by atoms with Crippen molar-refractivity contribution in [2.24, 2.45) is 5.73 Å². The lowest BCUT2D eigenvalue weighted by Gasteiger charge is -2.22. The normalized spacial score (nSPS) is 13.4. The van der Waals surface area contributed by atoms with Crippen LogP contribution < -0.4 is 5.73 Å². The molecule has 1 nitrogen and oxygen atoms in total. The minimum absolute atomic E-state index is 0.130. The van der Waals surface area contributed by atoms with Gasteiger partial charge >= 0.3 is 0 Å². The van der Waals surface area contributed by atoms with Crippen molar-refractivity contribution in [2.75, 3.05) is 0 Å². The fourth-order valence-corrected chi connectivity index (χ4v) is 3.19. The second-order valence-electron chi connectivity index (χ2n) is 6.56. The maximum Gasteiger partial charge on any atom is 0.00825 e. The van der Waals surface area contributed by atoms with Crippen LogP contribution in [0.15, 0.2) is 84.9 Å². The molecule has 0 aliphatic heterocycles. The van der Waals surface area contributed by atoms with E-state index >= 15 is 0 Å². The van der Waals surface area contributed by atoms with Gasteiger partial charge in [0, 0.05) is 12.0 Å². The highest BCUT2D eigenvalue weighted by Crippen LogP contribution is 2.24. The molecule has 2 unspecified atom stereocenters. The molecular formula is C23H25N. The summed E-state index contributed by atoms with van der Waals surface area (Å²) in [6, 6.07) is 30.3. The summed E-state index contributed by atoms with van der Waals surface area (Å²) in [5.74, 6) is 0.346. The number of hydrogen-bond donors (Lipinski definition) is 1. The fourth-order valence-electron chi connectivity index (χ4n) is 3.19. The smallest absolute Gasteiger partial charge is 0.00825 e. The Kier molecular flexibility index (Phi) is 5.45. The van der Waals surface area contributed by atoms with Gasteiger partial charge in [0.2, 0.25) is 0 Å². The molecule has 0 heterocycles. The fraction of sp³-hybridized carbons (Fsp3) is 0.217. The van der Waals surface area contributed by atoms with Crippen molar-refractivity contribution in [1.29, 1.82) is 0 Å². The molecule has 0 radical (unpaired) electrons. The van der Waals surface area contributed by atoms with E-state index < -0.39 is 0 Å². The summed E-state index contributed by atoms with van der Waals surface area (Å²) < 4.78 is 0. The highest BCUT2D eigenvalue weighted by atomic mass is 14.6. The van der Waals surface area contributed by atoms with E-state index in [9.17, 15) is 0 Å². The highest BCUT2D eigenvalue weighted by Gasteiger charge is 2.16. The zero-order valence-corrected chi connectivity index (χ0v) is 14.2. The molecule has 122 valence electrons. The van der Waals surface area contributed by atoms with Crippen molar-refractivity contribution in [1.82, 2.24) is 0 Å². The lowest BCUT2D eigenvalue weighted by atomic mass is 9.86. The van der Waals surface area contributed by atoms with Crippen LogP contribution in [0.25, 0.3) is 0 Å². The third-order valence-electron chi connectivity index (χ3n) is 4.59. The first kappa shape index (κ1) is 16.5. The summed E-state index contributed by atoms with van der Waals surface area (Å²) >= 11 is 0. The van der Waals surface area contributed by atoms with Gasteiger partial charge in [-0.25, -0.2) is 0 Å². The van der Waals surface area contributed by atoms with Crippen molar-refractivity contribution in [3.63, 3.8) is 0 Å². The molecule has 0 spiro atoms. The minimum Gasteiger partial charge on any atom is -0.327 e. The SMILES string of the molecule is CC(N)C(Cc1ccccc1)c1ccc(Cc2ccccc2)cc1. The molecule has 2 N–H and O–H groups in total. The Morgan fingerprint density at radius 3 is 1.71 bits per heavy atom. The molecule has 3 rings (SSSR count). The summed E-state index contributed by atoms with van der Waals surface area (Å²) in [6.07, 6.45) is 1.96.